The first kappa shape index (κ1) is 10.6. The summed E-state index contributed by atoms with van der Waals surface area (Å²) >= 11 is 0. The van der Waals surface area contributed by atoms with Crippen molar-refractivity contribution in [2.75, 3.05) is 6.54 Å². The second kappa shape index (κ2) is 3.69. The van der Waals surface area contributed by atoms with Crippen molar-refractivity contribution in [3.05, 3.63) is 35.4 Å². The predicted octanol–water partition coefficient (Wildman–Crippen LogP) is 2.49. The van der Waals surface area contributed by atoms with Gasteiger partial charge in [-0.3, -0.25) is 0 Å². The molecule has 0 saturated heterocycles. The van der Waals surface area contributed by atoms with Gasteiger partial charge < -0.3 is 5.32 Å². The van der Waals surface area contributed by atoms with Gasteiger partial charge in [-0.1, -0.05) is 38.1 Å². The van der Waals surface area contributed by atoms with E-state index in [9.17, 15) is 0 Å². The molecule has 2 rings (SSSR count). The molecule has 0 spiro atoms. The van der Waals surface area contributed by atoms with Crippen LogP contribution in [0.15, 0.2) is 24.3 Å². The zero-order chi connectivity index (χ0) is 8.60. The first-order chi connectivity index (χ1) is 5.70. The molecule has 72 valence electrons. The molecule has 1 aliphatic rings. The fourth-order valence-corrected chi connectivity index (χ4v) is 1.94. The average Bonchev–Trinajstić information content (AvgIpc) is 2.04. The number of hydrogen-bond donors (Lipinski definition) is 1. The maximum absolute atomic E-state index is 3.43. The van der Waals surface area contributed by atoms with E-state index in [2.05, 4.69) is 43.4 Å². The monoisotopic (exact) mass is 197 g/mol. The summed E-state index contributed by atoms with van der Waals surface area (Å²) in [4.78, 5) is 0. The summed E-state index contributed by atoms with van der Waals surface area (Å²) in [5.74, 6) is 0. The minimum Gasteiger partial charge on any atom is -0.312 e. The molecule has 0 radical (unpaired) electrons. The van der Waals surface area contributed by atoms with E-state index in [0.717, 1.165) is 13.1 Å². The SMILES string of the molecule is CC1(C)CNCc2ccccc21.Cl. The van der Waals surface area contributed by atoms with Crippen LogP contribution in [0.5, 0.6) is 0 Å². The summed E-state index contributed by atoms with van der Waals surface area (Å²) in [6.07, 6.45) is 0. The van der Waals surface area contributed by atoms with Crippen molar-refractivity contribution < 1.29 is 0 Å². The van der Waals surface area contributed by atoms with Crippen molar-refractivity contribution in [3.8, 4) is 0 Å². The van der Waals surface area contributed by atoms with Gasteiger partial charge in [0.05, 0.1) is 0 Å². The van der Waals surface area contributed by atoms with E-state index in [4.69, 9.17) is 0 Å². The Kier molecular flexibility index (Phi) is 2.99. The van der Waals surface area contributed by atoms with Crippen LogP contribution in [0.3, 0.4) is 0 Å². The van der Waals surface area contributed by atoms with Gasteiger partial charge in [-0.2, -0.15) is 0 Å². The van der Waals surface area contributed by atoms with Gasteiger partial charge in [-0.05, 0) is 11.1 Å². The Morgan fingerprint density at radius 2 is 1.92 bits per heavy atom. The van der Waals surface area contributed by atoms with E-state index < -0.39 is 0 Å². The lowest BCUT2D eigenvalue weighted by Crippen LogP contribution is -2.38. The van der Waals surface area contributed by atoms with Gasteiger partial charge in [-0.15, -0.1) is 12.4 Å². The fourth-order valence-electron chi connectivity index (χ4n) is 1.94. The van der Waals surface area contributed by atoms with Crippen LogP contribution in [0.4, 0.5) is 0 Å². The molecule has 0 aliphatic carbocycles. The molecule has 1 aliphatic heterocycles. The highest BCUT2D eigenvalue weighted by Crippen LogP contribution is 2.28. The molecule has 2 heteroatoms. The number of rotatable bonds is 0. The van der Waals surface area contributed by atoms with Gasteiger partial charge in [0, 0.05) is 18.5 Å². The fraction of sp³-hybridized carbons (Fsp3) is 0.455. The molecule has 0 aromatic heterocycles. The number of fused-ring (bicyclic) bond motifs is 1. The van der Waals surface area contributed by atoms with Crippen LogP contribution in [-0.2, 0) is 12.0 Å². The first-order valence-corrected chi connectivity index (χ1v) is 4.49. The third kappa shape index (κ3) is 1.87. The molecule has 1 aromatic carbocycles. The lowest BCUT2D eigenvalue weighted by molar-refractivity contribution is 0.435. The Bertz CT molecular complexity index is 294. The van der Waals surface area contributed by atoms with Gasteiger partial charge >= 0.3 is 0 Å². The lowest BCUT2D eigenvalue weighted by Gasteiger charge is -2.32. The molecular weight excluding hydrogens is 182 g/mol. The standard InChI is InChI=1S/C11H15N.ClH/c1-11(2)8-12-7-9-5-3-4-6-10(9)11;/h3-6,12H,7-8H2,1-2H3;1H. The highest BCUT2D eigenvalue weighted by atomic mass is 35.5. The van der Waals surface area contributed by atoms with Gasteiger partial charge in [0.15, 0.2) is 0 Å². The normalized spacial score (nSPS) is 18.6. The predicted molar refractivity (Wildman–Crippen MR) is 58.4 cm³/mol. The summed E-state index contributed by atoms with van der Waals surface area (Å²) in [5.41, 5.74) is 3.26. The number of halogens is 1. The first-order valence-electron chi connectivity index (χ1n) is 4.49. The Balaban J connectivity index is 0.000000845. The van der Waals surface area contributed by atoms with Crippen molar-refractivity contribution in [2.45, 2.75) is 25.8 Å². The van der Waals surface area contributed by atoms with Gasteiger partial charge in [0.1, 0.15) is 0 Å². The van der Waals surface area contributed by atoms with Crippen LogP contribution in [0.25, 0.3) is 0 Å². The van der Waals surface area contributed by atoms with Crippen molar-refractivity contribution in [2.24, 2.45) is 0 Å². The minimum absolute atomic E-state index is 0. The van der Waals surface area contributed by atoms with Crippen LogP contribution in [0.1, 0.15) is 25.0 Å². The summed E-state index contributed by atoms with van der Waals surface area (Å²) < 4.78 is 0. The molecule has 1 heterocycles. The Morgan fingerprint density at radius 3 is 2.62 bits per heavy atom. The van der Waals surface area contributed by atoms with Crippen molar-refractivity contribution in [1.29, 1.82) is 0 Å². The number of nitrogens with one attached hydrogen (secondary N) is 1. The molecule has 1 nitrogen and oxygen atoms in total. The van der Waals surface area contributed by atoms with Crippen LogP contribution in [0.2, 0.25) is 0 Å². The molecule has 0 amide bonds. The van der Waals surface area contributed by atoms with E-state index in [-0.39, 0.29) is 12.4 Å². The van der Waals surface area contributed by atoms with E-state index in [1.165, 1.54) is 11.1 Å². The van der Waals surface area contributed by atoms with E-state index in [1.54, 1.807) is 0 Å². The number of hydrogen-bond acceptors (Lipinski definition) is 1. The highest BCUT2D eigenvalue weighted by Gasteiger charge is 2.25. The van der Waals surface area contributed by atoms with Gasteiger partial charge in [-0.25, -0.2) is 0 Å². The smallest absolute Gasteiger partial charge is 0.0208 e. The zero-order valence-electron chi connectivity index (χ0n) is 8.13. The Hall–Kier alpha value is -0.530. The molecule has 0 atom stereocenters. The zero-order valence-corrected chi connectivity index (χ0v) is 8.95. The molecular formula is C11H16ClN. The third-order valence-electron chi connectivity index (χ3n) is 2.63. The maximum atomic E-state index is 3.43. The molecule has 0 fully saturated rings. The summed E-state index contributed by atoms with van der Waals surface area (Å²) in [6.45, 7) is 6.69. The number of benzene rings is 1. The Labute approximate surface area is 86.0 Å². The molecule has 1 N–H and O–H groups in total. The maximum Gasteiger partial charge on any atom is 0.0208 e. The van der Waals surface area contributed by atoms with Crippen LogP contribution >= 0.6 is 12.4 Å². The van der Waals surface area contributed by atoms with Gasteiger partial charge in [0.2, 0.25) is 0 Å². The third-order valence-corrected chi connectivity index (χ3v) is 2.63. The van der Waals surface area contributed by atoms with Crippen LogP contribution in [0, 0.1) is 0 Å². The van der Waals surface area contributed by atoms with E-state index in [1.807, 2.05) is 0 Å². The minimum atomic E-state index is 0. The molecule has 1 aromatic rings. The molecule has 0 saturated carbocycles. The summed E-state index contributed by atoms with van der Waals surface area (Å²) in [5, 5.41) is 3.43. The van der Waals surface area contributed by atoms with Gasteiger partial charge in [0.25, 0.3) is 0 Å². The lowest BCUT2D eigenvalue weighted by atomic mass is 9.79. The van der Waals surface area contributed by atoms with Crippen LogP contribution in [-0.4, -0.2) is 6.54 Å². The Morgan fingerprint density at radius 1 is 1.23 bits per heavy atom. The topological polar surface area (TPSA) is 12.0 Å². The largest absolute Gasteiger partial charge is 0.312 e. The molecule has 0 unspecified atom stereocenters. The van der Waals surface area contributed by atoms with E-state index >= 15 is 0 Å². The second-order valence-electron chi connectivity index (χ2n) is 4.14. The summed E-state index contributed by atoms with van der Waals surface area (Å²) in [7, 11) is 0. The average molecular weight is 198 g/mol. The van der Waals surface area contributed by atoms with E-state index in [0.29, 0.717) is 5.41 Å². The van der Waals surface area contributed by atoms with Crippen molar-refractivity contribution in [1.82, 2.24) is 5.32 Å². The van der Waals surface area contributed by atoms with Crippen molar-refractivity contribution >= 4 is 12.4 Å². The van der Waals surface area contributed by atoms with Crippen molar-refractivity contribution in [3.63, 3.8) is 0 Å². The quantitative estimate of drug-likeness (QED) is 0.674. The van der Waals surface area contributed by atoms with Crippen LogP contribution < -0.4 is 5.32 Å². The summed E-state index contributed by atoms with van der Waals surface area (Å²) in [6, 6.07) is 8.70. The second-order valence-corrected chi connectivity index (χ2v) is 4.14. The molecule has 13 heavy (non-hydrogen) atoms. The molecule has 0 bridgehead atoms. The highest BCUT2D eigenvalue weighted by molar-refractivity contribution is 5.85.